The molecule has 92 valence electrons. The Labute approximate surface area is 107 Å². The Morgan fingerprint density at radius 3 is 2.94 bits per heavy atom. The Morgan fingerprint density at radius 2 is 2.31 bits per heavy atom. The summed E-state index contributed by atoms with van der Waals surface area (Å²) in [5.41, 5.74) is 0. The molecule has 1 unspecified atom stereocenters. The van der Waals surface area contributed by atoms with Crippen LogP contribution in [0.1, 0.15) is 37.1 Å². The molecule has 1 heterocycles. The van der Waals surface area contributed by atoms with E-state index in [-0.39, 0.29) is 0 Å². The maximum atomic E-state index is 4.36. The minimum Gasteiger partial charge on any atom is -0.309 e. The number of thiazole rings is 1. The van der Waals surface area contributed by atoms with Gasteiger partial charge < -0.3 is 5.32 Å². The predicted octanol–water partition coefficient (Wildman–Crippen LogP) is 3.33. The molecule has 0 aliphatic carbocycles. The molecular formula is C12H22N2S2. The first-order valence-corrected chi connectivity index (χ1v) is 7.98. The Morgan fingerprint density at radius 1 is 1.50 bits per heavy atom. The lowest BCUT2D eigenvalue weighted by atomic mass is 10.2. The highest BCUT2D eigenvalue weighted by Crippen LogP contribution is 2.13. The predicted molar refractivity (Wildman–Crippen MR) is 75.4 cm³/mol. The number of nitrogens with one attached hydrogen (secondary N) is 1. The van der Waals surface area contributed by atoms with Gasteiger partial charge in [-0.2, -0.15) is 11.8 Å². The van der Waals surface area contributed by atoms with Gasteiger partial charge in [0.05, 0.1) is 5.01 Å². The molecule has 0 spiro atoms. The summed E-state index contributed by atoms with van der Waals surface area (Å²) in [6, 6.07) is 0.603. The monoisotopic (exact) mass is 258 g/mol. The van der Waals surface area contributed by atoms with Crippen LogP contribution in [0.25, 0.3) is 0 Å². The summed E-state index contributed by atoms with van der Waals surface area (Å²) < 4.78 is 0. The zero-order valence-electron chi connectivity index (χ0n) is 10.5. The van der Waals surface area contributed by atoms with Crippen molar-refractivity contribution < 1.29 is 0 Å². The number of thioether (sulfide) groups is 1. The molecule has 1 aromatic rings. The van der Waals surface area contributed by atoms with E-state index in [1.165, 1.54) is 27.8 Å². The van der Waals surface area contributed by atoms with E-state index in [2.05, 4.69) is 31.1 Å². The van der Waals surface area contributed by atoms with E-state index in [1.54, 1.807) is 0 Å². The van der Waals surface area contributed by atoms with Gasteiger partial charge in [0.25, 0.3) is 0 Å². The third-order valence-electron chi connectivity index (χ3n) is 2.43. The van der Waals surface area contributed by atoms with Gasteiger partial charge in [0.2, 0.25) is 0 Å². The quantitative estimate of drug-likeness (QED) is 0.724. The summed E-state index contributed by atoms with van der Waals surface area (Å²) in [6.07, 6.45) is 4.30. The molecule has 0 aliphatic rings. The van der Waals surface area contributed by atoms with Crippen LogP contribution in [0, 0.1) is 0 Å². The van der Waals surface area contributed by atoms with E-state index in [4.69, 9.17) is 0 Å². The number of hydrogen-bond donors (Lipinski definition) is 1. The summed E-state index contributed by atoms with van der Waals surface area (Å²) in [5.74, 6) is 2.48. The molecule has 2 nitrogen and oxygen atoms in total. The van der Waals surface area contributed by atoms with Crippen molar-refractivity contribution in [3.63, 3.8) is 0 Å². The van der Waals surface area contributed by atoms with E-state index < -0.39 is 0 Å². The molecule has 1 N–H and O–H groups in total. The SMILES string of the molecule is CCSCCC(C)NCc1cnc(CC)s1. The molecule has 1 aromatic heterocycles. The second-order valence-electron chi connectivity index (χ2n) is 3.84. The van der Waals surface area contributed by atoms with Crippen molar-refractivity contribution in [2.45, 2.75) is 46.2 Å². The number of hydrogen-bond acceptors (Lipinski definition) is 4. The van der Waals surface area contributed by atoms with Gasteiger partial charge in [0.1, 0.15) is 0 Å². The smallest absolute Gasteiger partial charge is 0.0925 e. The van der Waals surface area contributed by atoms with E-state index >= 15 is 0 Å². The average molecular weight is 258 g/mol. The first-order chi connectivity index (χ1) is 7.76. The molecule has 4 heteroatoms. The molecule has 0 radical (unpaired) electrons. The van der Waals surface area contributed by atoms with Gasteiger partial charge in [-0.05, 0) is 31.3 Å². The molecule has 1 atom stereocenters. The number of aryl methyl sites for hydroxylation is 1. The van der Waals surface area contributed by atoms with Crippen LogP contribution in [0.4, 0.5) is 0 Å². The summed E-state index contributed by atoms with van der Waals surface area (Å²) in [4.78, 5) is 5.72. The largest absolute Gasteiger partial charge is 0.309 e. The van der Waals surface area contributed by atoms with E-state index in [0.29, 0.717) is 6.04 Å². The topological polar surface area (TPSA) is 24.9 Å². The molecule has 0 amide bonds. The van der Waals surface area contributed by atoms with Gasteiger partial charge in [-0.15, -0.1) is 11.3 Å². The lowest BCUT2D eigenvalue weighted by Crippen LogP contribution is -2.25. The molecule has 0 saturated carbocycles. The van der Waals surface area contributed by atoms with Gasteiger partial charge in [-0.25, -0.2) is 4.98 Å². The molecular weight excluding hydrogens is 236 g/mol. The summed E-state index contributed by atoms with van der Waals surface area (Å²) in [5, 5.41) is 4.79. The van der Waals surface area contributed by atoms with Crippen molar-refractivity contribution in [3.8, 4) is 0 Å². The molecule has 0 saturated heterocycles. The Kier molecular flexibility index (Phi) is 7.08. The van der Waals surface area contributed by atoms with Crippen LogP contribution in [-0.4, -0.2) is 22.5 Å². The maximum absolute atomic E-state index is 4.36. The van der Waals surface area contributed by atoms with Crippen LogP contribution >= 0.6 is 23.1 Å². The molecule has 0 bridgehead atoms. The third-order valence-corrected chi connectivity index (χ3v) is 4.50. The van der Waals surface area contributed by atoms with E-state index in [0.717, 1.165) is 13.0 Å². The van der Waals surface area contributed by atoms with Crippen LogP contribution in [0.3, 0.4) is 0 Å². The van der Waals surface area contributed by atoms with Crippen molar-refractivity contribution in [3.05, 3.63) is 16.1 Å². The standard InChI is InChI=1S/C12H22N2S2/c1-4-12-14-9-11(16-12)8-13-10(3)6-7-15-5-2/h9-10,13H,4-8H2,1-3H3. The van der Waals surface area contributed by atoms with Gasteiger partial charge in [0.15, 0.2) is 0 Å². The average Bonchev–Trinajstić information content (AvgIpc) is 2.74. The summed E-state index contributed by atoms with van der Waals surface area (Å²) >= 11 is 3.84. The fourth-order valence-electron chi connectivity index (χ4n) is 1.37. The zero-order chi connectivity index (χ0) is 11.8. The van der Waals surface area contributed by atoms with Gasteiger partial charge in [-0.3, -0.25) is 0 Å². The third kappa shape index (κ3) is 5.32. The number of nitrogens with zero attached hydrogens (tertiary/aromatic N) is 1. The Balaban J connectivity index is 2.18. The highest BCUT2D eigenvalue weighted by Gasteiger charge is 2.03. The van der Waals surface area contributed by atoms with Gasteiger partial charge in [-0.1, -0.05) is 13.8 Å². The minimum absolute atomic E-state index is 0.603. The lowest BCUT2D eigenvalue weighted by Gasteiger charge is -2.12. The van der Waals surface area contributed by atoms with Crippen LogP contribution in [0.15, 0.2) is 6.20 Å². The second-order valence-corrected chi connectivity index (χ2v) is 6.44. The van der Waals surface area contributed by atoms with Crippen molar-refractivity contribution >= 4 is 23.1 Å². The highest BCUT2D eigenvalue weighted by atomic mass is 32.2. The van der Waals surface area contributed by atoms with Crippen LogP contribution in [-0.2, 0) is 13.0 Å². The minimum atomic E-state index is 0.603. The van der Waals surface area contributed by atoms with E-state index in [1.807, 2.05) is 29.3 Å². The van der Waals surface area contributed by atoms with E-state index in [9.17, 15) is 0 Å². The van der Waals surface area contributed by atoms with Crippen LogP contribution in [0.5, 0.6) is 0 Å². The van der Waals surface area contributed by atoms with Gasteiger partial charge in [0, 0.05) is 23.7 Å². The van der Waals surface area contributed by atoms with Crippen LogP contribution < -0.4 is 5.32 Å². The molecule has 0 aliphatic heterocycles. The van der Waals surface area contributed by atoms with Crippen LogP contribution in [0.2, 0.25) is 0 Å². The first kappa shape index (κ1) is 14.0. The fourth-order valence-corrected chi connectivity index (χ4v) is 3.00. The molecule has 0 fully saturated rings. The lowest BCUT2D eigenvalue weighted by molar-refractivity contribution is 0.540. The van der Waals surface area contributed by atoms with Crippen molar-refractivity contribution in [2.24, 2.45) is 0 Å². The van der Waals surface area contributed by atoms with Crippen molar-refractivity contribution in [1.82, 2.24) is 10.3 Å². The van der Waals surface area contributed by atoms with Crippen molar-refractivity contribution in [2.75, 3.05) is 11.5 Å². The zero-order valence-corrected chi connectivity index (χ0v) is 12.1. The summed E-state index contributed by atoms with van der Waals surface area (Å²) in [7, 11) is 0. The molecule has 16 heavy (non-hydrogen) atoms. The Hall–Kier alpha value is -0.0600. The first-order valence-electron chi connectivity index (χ1n) is 6.01. The fraction of sp³-hybridized carbons (Fsp3) is 0.750. The summed E-state index contributed by atoms with van der Waals surface area (Å²) in [6.45, 7) is 7.60. The highest BCUT2D eigenvalue weighted by molar-refractivity contribution is 7.99. The van der Waals surface area contributed by atoms with Crippen molar-refractivity contribution in [1.29, 1.82) is 0 Å². The Bertz CT molecular complexity index is 286. The second kappa shape index (κ2) is 8.09. The number of aromatic nitrogens is 1. The normalized spacial score (nSPS) is 12.9. The molecule has 0 aromatic carbocycles. The number of rotatable bonds is 8. The maximum Gasteiger partial charge on any atom is 0.0925 e. The van der Waals surface area contributed by atoms with Gasteiger partial charge >= 0.3 is 0 Å². The molecule has 1 rings (SSSR count).